The lowest BCUT2D eigenvalue weighted by Crippen LogP contribution is -2.27. The molecule has 0 amide bonds. The third kappa shape index (κ3) is 2.63. The van der Waals surface area contributed by atoms with Gasteiger partial charge in [-0.1, -0.05) is 0 Å². The number of hydrogen-bond acceptors (Lipinski definition) is 4. The Kier molecular flexibility index (Phi) is 3.72. The molecular weight excluding hydrogens is 310 g/mol. The van der Waals surface area contributed by atoms with Crippen LogP contribution in [-0.4, -0.2) is 23.1 Å². The lowest BCUT2D eigenvalue weighted by atomic mass is 9.97. The molecule has 0 atom stereocenters. The third-order valence-electron chi connectivity index (χ3n) is 3.20. The van der Waals surface area contributed by atoms with E-state index in [-0.39, 0.29) is 0 Å². The summed E-state index contributed by atoms with van der Waals surface area (Å²) in [6.45, 7) is 2.14. The molecule has 1 fully saturated rings. The zero-order chi connectivity index (χ0) is 12.4. The number of nitrogens with one attached hydrogen (secondary N) is 1. The first-order valence-electron chi connectivity index (χ1n) is 6.11. The molecule has 3 rings (SSSR count). The molecule has 0 aliphatic carbocycles. The molecule has 94 valence electrons. The van der Waals surface area contributed by atoms with Crippen molar-refractivity contribution in [1.82, 2.24) is 15.3 Å². The first-order valence-corrected chi connectivity index (χ1v) is 7.78. The molecule has 0 spiro atoms. The molecule has 1 saturated heterocycles. The van der Waals surface area contributed by atoms with Crippen molar-refractivity contribution in [2.45, 2.75) is 18.8 Å². The van der Waals surface area contributed by atoms with E-state index in [1.165, 1.54) is 4.88 Å². The Labute approximate surface area is 119 Å². The van der Waals surface area contributed by atoms with Gasteiger partial charge in [-0.05, 0) is 54.0 Å². The number of piperidine rings is 1. The summed E-state index contributed by atoms with van der Waals surface area (Å²) in [5, 5.41) is 5.46. The molecule has 18 heavy (non-hydrogen) atoms. The van der Waals surface area contributed by atoms with Crippen LogP contribution in [0.4, 0.5) is 0 Å². The van der Waals surface area contributed by atoms with Crippen molar-refractivity contribution < 1.29 is 0 Å². The van der Waals surface area contributed by atoms with E-state index < -0.39 is 0 Å². The average Bonchev–Trinajstić information content (AvgIpc) is 2.87. The van der Waals surface area contributed by atoms with Gasteiger partial charge in [0.1, 0.15) is 5.82 Å². The van der Waals surface area contributed by atoms with E-state index in [0.717, 1.165) is 41.9 Å². The zero-order valence-electron chi connectivity index (χ0n) is 9.90. The minimum absolute atomic E-state index is 0.509. The maximum Gasteiger partial charge on any atom is 0.132 e. The molecule has 5 heteroatoms. The normalized spacial score (nSPS) is 16.9. The van der Waals surface area contributed by atoms with Crippen molar-refractivity contribution >= 4 is 27.3 Å². The van der Waals surface area contributed by atoms with Crippen molar-refractivity contribution in [3.8, 4) is 10.6 Å². The summed E-state index contributed by atoms with van der Waals surface area (Å²) >= 11 is 5.19. The van der Waals surface area contributed by atoms with Crippen LogP contribution in [0, 0.1) is 0 Å². The van der Waals surface area contributed by atoms with E-state index in [4.69, 9.17) is 4.98 Å². The fourth-order valence-corrected chi connectivity index (χ4v) is 3.63. The summed E-state index contributed by atoms with van der Waals surface area (Å²) in [4.78, 5) is 10.4. The quantitative estimate of drug-likeness (QED) is 0.920. The summed E-state index contributed by atoms with van der Waals surface area (Å²) in [7, 11) is 0. The molecule has 2 aromatic heterocycles. The van der Waals surface area contributed by atoms with E-state index in [9.17, 15) is 0 Å². The Morgan fingerprint density at radius 2 is 2.17 bits per heavy atom. The van der Waals surface area contributed by atoms with E-state index >= 15 is 0 Å². The van der Waals surface area contributed by atoms with Crippen LogP contribution in [0.2, 0.25) is 0 Å². The summed E-state index contributed by atoms with van der Waals surface area (Å²) < 4.78 is 1.12. The number of thiophene rings is 1. The Morgan fingerprint density at radius 3 is 2.89 bits per heavy atom. The van der Waals surface area contributed by atoms with Gasteiger partial charge in [0, 0.05) is 22.0 Å². The predicted octanol–water partition coefficient (Wildman–Crippen LogP) is 3.43. The van der Waals surface area contributed by atoms with Gasteiger partial charge in [-0.3, -0.25) is 0 Å². The van der Waals surface area contributed by atoms with Gasteiger partial charge >= 0.3 is 0 Å². The highest BCUT2D eigenvalue weighted by Crippen LogP contribution is 2.30. The fourth-order valence-electron chi connectivity index (χ4n) is 2.24. The minimum Gasteiger partial charge on any atom is -0.317 e. The molecule has 3 nitrogen and oxygen atoms in total. The van der Waals surface area contributed by atoms with Crippen LogP contribution in [0.15, 0.2) is 28.2 Å². The van der Waals surface area contributed by atoms with Crippen LogP contribution in [0.1, 0.15) is 24.6 Å². The molecule has 1 aliphatic heterocycles. The molecule has 0 unspecified atom stereocenters. The number of nitrogens with zero attached hydrogens (tertiary/aromatic N) is 2. The monoisotopic (exact) mass is 323 g/mol. The second-order valence-corrected chi connectivity index (χ2v) is 6.28. The van der Waals surface area contributed by atoms with Crippen molar-refractivity contribution in [1.29, 1.82) is 0 Å². The SMILES string of the molecule is Brc1csc(-c2ccnc(C3CCNCC3)n2)c1. The lowest BCUT2D eigenvalue weighted by Gasteiger charge is -2.21. The second kappa shape index (κ2) is 5.47. The predicted molar refractivity (Wildman–Crippen MR) is 77.9 cm³/mol. The van der Waals surface area contributed by atoms with Gasteiger partial charge in [-0.15, -0.1) is 11.3 Å². The van der Waals surface area contributed by atoms with E-state index in [1.807, 2.05) is 12.3 Å². The maximum atomic E-state index is 4.73. The van der Waals surface area contributed by atoms with Crippen molar-refractivity contribution in [3.63, 3.8) is 0 Å². The number of halogens is 1. The Balaban J connectivity index is 1.88. The summed E-state index contributed by atoms with van der Waals surface area (Å²) in [6, 6.07) is 4.10. The second-order valence-electron chi connectivity index (χ2n) is 4.45. The fraction of sp³-hybridized carbons (Fsp3) is 0.385. The van der Waals surface area contributed by atoms with Crippen LogP contribution in [0.3, 0.4) is 0 Å². The molecule has 0 bridgehead atoms. The molecule has 1 aliphatic rings. The number of rotatable bonds is 2. The third-order valence-corrected chi connectivity index (χ3v) is 4.91. The first kappa shape index (κ1) is 12.3. The van der Waals surface area contributed by atoms with Crippen molar-refractivity contribution in [2.75, 3.05) is 13.1 Å². The summed E-state index contributed by atoms with van der Waals surface area (Å²) in [6.07, 6.45) is 4.16. The molecule has 3 heterocycles. The van der Waals surface area contributed by atoms with Crippen molar-refractivity contribution in [3.05, 3.63) is 34.0 Å². The topological polar surface area (TPSA) is 37.8 Å². The summed E-state index contributed by atoms with van der Waals surface area (Å²) in [5.74, 6) is 1.51. The van der Waals surface area contributed by atoms with Crippen LogP contribution < -0.4 is 5.32 Å². The standard InChI is InChI=1S/C13H14BrN3S/c14-10-7-12(18-8-10)11-3-6-16-13(17-11)9-1-4-15-5-2-9/h3,6-9,15H,1-2,4-5H2. The van der Waals surface area contributed by atoms with Gasteiger partial charge in [0.25, 0.3) is 0 Å². The van der Waals surface area contributed by atoms with Crippen LogP contribution in [0.5, 0.6) is 0 Å². The van der Waals surface area contributed by atoms with Gasteiger partial charge < -0.3 is 5.32 Å². The average molecular weight is 324 g/mol. The smallest absolute Gasteiger partial charge is 0.132 e. The molecule has 2 aromatic rings. The molecule has 0 radical (unpaired) electrons. The highest BCUT2D eigenvalue weighted by molar-refractivity contribution is 9.10. The van der Waals surface area contributed by atoms with Crippen LogP contribution >= 0.6 is 27.3 Å². The Bertz CT molecular complexity index is 535. The highest BCUT2D eigenvalue weighted by Gasteiger charge is 2.18. The number of hydrogen-bond donors (Lipinski definition) is 1. The minimum atomic E-state index is 0.509. The van der Waals surface area contributed by atoms with Crippen LogP contribution in [0.25, 0.3) is 10.6 Å². The largest absolute Gasteiger partial charge is 0.317 e. The molecule has 0 aromatic carbocycles. The van der Waals surface area contributed by atoms with Gasteiger partial charge in [0.15, 0.2) is 0 Å². The zero-order valence-corrected chi connectivity index (χ0v) is 12.3. The lowest BCUT2D eigenvalue weighted by molar-refractivity contribution is 0.445. The van der Waals surface area contributed by atoms with Gasteiger partial charge in [0.05, 0.1) is 10.6 Å². The molecule has 0 saturated carbocycles. The Hall–Kier alpha value is -0.780. The van der Waals surface area contributed by atoms with E-state index in [0.29, 0.717) is 5.92 Å². The first-order chi connectivity index (χ1) is 8.83. The molecular formula is C13H14BrN3S. The van der Waals surface area contributed by atoms with E-state index in [1.54, 1.807) is 11.3 Å². The van der Waals surface area contributed by atoms with Gasteiger partial charge in [-0.25, -0.2) is 9.97 Å². The highest BCUT2D eigenvalue weighted by atomic mass is 79.9. The van der Waals surface area contributed by atoms with Gasteiger partial charge in [0.2, 0.25) is 0 Å². The Morgan fingerprint density at radius 1 is 1.33 bits per heavy atom. The summed E-state index contributed by atoms with van der Waals surface area (Å²) in [5.41, 5.74) is 1.04. The van der Waals surface area contributed by atoms with E-state index in [2.05, 4.69) is 37.7 Å². The van der Waals surface area contributed by atoms with Crippen LogP contribution in [-0.2, 0) is 0 Å². The molecule has 1 N–H and O–H groups in total. The maximum absolute atomic E-state index is 4.73. The number of aromatic nitrogens is 2. The van der Waals surface area contributed by atoms with Gasteiger partial charge in [-0.2, -0.15) is 0 Å². The van der Waals surface area contributed by atoms with Crippen molar-refractivity contribution in [2.24, 2.45) is 0 Å².